The molecule has 0 aliphatic heterocycles. The topological polar surface area (TPSA) is 37.0 Å². The van der Waals surface area contributed by atoms with Gasteiger partial charge in [0.15, 0.2) is 0 Å². The number of nitrogens with zero attached hydrogens (tertiary/aromatic N) is 1. The molecule has 3 nitrogen and oxygen atoms in total. The Morgan fingerprint density at radius 1 is 1.24 bits per heavy atom. The Kier molecular flexibility index (Phi) is 5.87. The van der Waals surface area contributed by atoms with Crippen molar-refractivity contribution in [2.24, 2.45) is 0 Å². The number of halogens is 3. The minimum Gasteiger partial charge on any atom is -0.315 e. The lowest BCUT2D eigenvalue weighted by Gasteiger charge is -2.08. The van der Waals surface area contributed by atoms with Gasteiger partial charge in [0.2, 0.25) is 0 Å². The molecule has 0 aliphatic carbocycles. The lowest BCUT2D eigenvalue weighted by atomic mass is 10.4. The Morgan fingerprint density at radius 3 is 2.53 bits per heavy atom. The van der Waals surface area contributed by atoms with E-state index >= 15 is 0 Å². The third kappa shape index (κ3) is 7.30. The molecule has 1 aromatic rings. The van der Waals surface area contributed by atoms with Gasteiger partial charge in [-0.15, -0.1) is 11.3 Å². The second-order valence-corrected chi connectivity index (χ2v) is 4.62. The van der Waals surface area contributed by atoms with Crippen molar-refractivity contribution in [1.82, 2.24) is 15.6 Å². The van der Waals surface area contributed by atoms with Crippen LogP contribution in [0.5, 0.6) is 0 Å². The molecule has 98 valence electrons. The zero-order chi connectivity index (χ0) is 12.7. The number of nitrogens with one attached hydrogen (secondary N) is 2. The Bertz CT molecular complexity index is 325. The van der Waals surface area contributed by atoms with Crippen molar-refractivity contribution in [1.29, 1.82) is 0 Å². The summed E-state index contributed by atoms with van der Waals surface area (Å²) >= 11 is 1.61. The minimum absolute atomic E-state index is 0.316. The van der Waals surface area contributed by atoms with Crippen LogP contribution in [0.3, 0.4) is 0 Å². The largest absolute Gasteiger partial charge is 0.401 e. The van der Waals surface area contributed by atoms with Gasteiger partial charge in [-0.1, -0.05) is 0 Å². The van der Waals surface area contributed by atoms with Crippen LogP contribution in [0.2, 0.25) is 0 Å². The summed E-state index contributed by atoms with van der Waals surface area (Å²) in [5, 5.41) is 8.43. The number of hydrogen-bond donors (Lipinski definition) is 2. The molecule has 0 fully saturated rings. The summed E-state index contributed by atoms with van der Waals surface area (Å²) in [5.74, 6) is 0. The first-order chi connectivity index (χ1) is 7.97. The zero-order valence-corrected chi connectivity index (χ0v) is 10.4. The molecule has 1 heterocycles. The van der Waals surface area contributed by atoms with Crippen LogP contribution < -0.4 is 10.6 Å². The Labute approximate surface area is 102 Å². The molecule has 0 bridgehead atoms. The number of aromatic nitrogens is 1. The average molecular weight is 267 g/mol. The lowest BCUT2D eigenvalue weighted by Crippen LogP contribution is -2.34. The van der Waals surface area contributed by atoms with Crippen LogP contribution in [0.4, 0.5) is 13.2 Å². The van der Waals surface area contributed by atoms with E-state index < -0.39 is 12.7 Å². The van der Waals surface area contributed by atoms with Gasteiger partial charge >= 0.3 is 6.18 Å². The first kappa shape index (κ1) is 14.4. The smallest absolute Gasteiger partial charge is 0.315 e. The van der Waals surface area contributed by atoms with Crippen LogP contribution in [0.25, 0.3) is 0 Å². The fraction of sp³-hybridized carbons (Fsp3) is 0.700. The average Bonchev–Trinajstić information content (AvgIpc) is 2.61. The van der Waals surface area contributed by atoms with Gasteiger partial charge in [0.1, 0.15) is 0 Å². The van der Waals surface area contributed by atoms with E-state index in [4.69, 9.17) is 0 Å². The van der Waals surface area contributed by atoms with Crippen LogP contribution in [-0.2, 0) is 6.42 Å². The van der Waals surface area contributed by atoms with Crippen molar-refractivity contribution in [2.45, 2.75) is 19.5 Å². The molecule has 1 rings (SSSR count). The van der Waals surface area contributed by atoms with Crippen molar-refractivity contribution in [3.05, 3.63) is 16.1 Å². The standard InChI is InChI=1S/C10H16F3N3S/c1-8-6-17-9(16-8)2-3-14-4-5-15-7-10(11,12)13/h6,14-15H,2-5,7H2,1H3. The van der Waals surface area contributed by atoms with Gasteiger partial charge in [-0.25, -0.2) is 4.98 Å². The van der Waals surface area contributed by atoms with Gasteiger partial charge in [0.25, 0.3) is 0 Å². The van der Waals surface area contributed by atoms with Crippen LogP contribution in [0.1, 0.15) is 10.7 Å². The summed E-state index contributed by atoms with van der Waals surface area (Å²) in [4.78, 5) is 4.29. The fourth-order valence-corrected chi connectivity index (χ4v) is 2.02. The maximum atomic E-state index is 11.8. The summed E-state index contributed by atoms with van der Waals surface area (Å²) in [5.41, 5.74) is 1.01. The van der Waals surface area contributed by atoms with Crippen LogP contribution >= 0.6 is 11.3 Å². The third-order valence-electron chi connectivity index (χ3n) is 1.99. The van der Waals surface area contributed by atoms with E-state index in [0.717, 1.165) is 23.7 Å². The highest BCUT2D eigenvalue weighted by molar-refractivity contribution is 7.09. The van der Waals surface area contributed by atoms with Gasteiger partial charge in [0.05, 0.1) is 11.6 Å². The number of hydrogen-bond acceptors (Lipinski definition) is 4. The van der Waals surface area contributed by atoms with Crippen LogP contribution in [0.15, 0.2) is 5.38 Å². The summed E-state index contributed by atoms with van der Waals surface area (Å²) in [6, 6.07) is 0. The highest BCUT2D eigenvalue weighted by Gasteiger charge is 2.25. The van der Waals surface area contributed by atoms with Crippen molar-refractivity contribution >= 4 is 11.3 Å². The van der Waals surface area contributed by atoms with E-state index in [1.165, 1.54) is 0 Å². The third-order valence-corrected chi connectivity index (χ3v) is 3.01. The normalized spacial score (nSPS) is 12.0. The van der Waals surface area contributed by atoms with E-state index in [0.29, 0.717) is 13.1 Å². The molecule has 0 spiro atoms. The van der Waals surface area contributed by atoms with E-state index in [-0.39, 0.29) is 0 Å². The minimum atomic E-state index is -4.13. The molecule has 0 aliphatic rings. The van der Waals surface area contributed by atoms with Crippen molar-refractivity contribution in [3.8, 4) is 0 Å². The van der Waals surface area contributed by atoms with Crippen molar-refractivity contribution in [3.63, 3.8) is 0 Å². The van der Waals surface area contributed by atoms with Crippen molar-refractivity contribution < 1.29 is 13.2 Å². The Hall–Kier alpha value is -0.660. The van der Waals surface area contributed by atoms with Gasteiger partial charge in [-0.2, -0.15) is 13.2 Å². The Morgan fingerprint density at radius 2 is 1.94 bits per heavy atom. The van der Waals surface area contributed by atoms with Gasteiger partial charge in [0, 0.05) is 37.1 Å². The first-order valence-corrected chi connectivity index (χ1v) is 6.24. The van der Waals surface area contributed by atoms with Gasteiger partial charge < -0.3 is 10.6 Å². The number of rotatable bonds is 7. The molecular weight excluding hydrogens is 251 g/mol. The zero-order valence-electron chi connectivity index (χ0n) is 9.60. The molecule has 0 aromatic carbocycles. The Balaban J connectivity index is 1.95. The van der Waals surface area contributed by atoms with E-state index in [2.05, 4.69) is 15.6 Å². The molecule has 17 heavy (non-hydrogen) atoms. The van der Waals surface area contributed by atoms with Crippen LogP contribution in [0, 0.1) is 6.92 Å². The van der Waals surface area contributed by atoms with E-state index in [1.807, 2.05) is 12.3 Å². The fourth-order valence-electron chi connectivity index (χ4n) is 1.24. The highest BCUT2D eigenvalue weighted by Crippen LogP contribution is 2.11. The molecule has 7 heteroatoms. The van der Waals surface area contributed by atoms with Crippen LogP contribution in [-0.4, -0.2) is 37.3 Å². The predicted octanol–water partition coefficient (Wildman–Crippen LogP) is 1.74. The summed E-state index contributed by atoms with van der Waals surface area (Å²) in [7, 11) is 0. The van der Waals surface area contributed by atoms with Gasteiger partial charge in [-0.05, 0) is 6.92 Å². The highest BCUT2D eigenvalue weighted by atomic mass is 32.1. The number of aryl methyl sites for hydroxylation is 1. The number of alkyl halides is 3. The van der Waals surface area contributed by atoms with E-state index in [9.17, 15) is 13.2 Å². The maximum absolute atomic E-state index is 11.8. The molecule has 1 aromatic heterocycles. The molecule has 2 N–H and O–H groups in total. The maximum Gasteiger partial charge on any atom is 0.401 e. The van der Waals surface area contributed by atoms with Crippen molar-refractivity contribution in [2.75, 3.05) is 26.2 Å². The summed E-state index contributed by atoms with van der Waals surface area (Å²) < 4.78 is 35.3. The monoisotopic (exact) mass is 267 g/mol. The quantitative estimate of drug-likeness (QED) is 0.739. The molecular formula is C10H16F3N3S. The summed E-state index contributed by atoms with van der Waals surface area (Å²) in [6.45, 7) is 2.59. The summed E-state index contributed by atoms with van der Waals surface area (Å²) in [6.07, 6.45) is -3.31. The molecule has 0 amide bonds. The lowest BCUT2D eigenvalue weighted by molar-refractivity contribution is -0.124. The second kappa shape index (κ2) is 6.93. The van der Waals surface area contributed by atoms with E-state index in [1.54, 1.807) is 11.3 Å². The van der Waals surface area contributed by atoms with Gasteiger partial charge in [-0.3, -0.25) is 0 Å². The molecule has 0 unspecified atom stereocenters. The predicted molar refractivity (Wildman–Crippen MR) is 62.3 cm³/mol. The first-order valence-electron chi connectivity index (χ1n) is 5.36. The molecule has 0 radical (unpaired) electrons. The molecule has 0 saturated heterocycles. The number of thiazole rings is 1. The molecule has 0 atom stereocenters. The molecule has 0 saturated carbocycles. The SMILES string of the molecule is Cc1csc(CCNCCNCC(F)(F)F)n1. The second-order valence-electron chi connectivity index (χ2n) is 3.67.